The van der Waals surface area contributed by atoms with Crippen molar-refractivity contribution in [3.8, 4) is 5.75 Å². The number of anilines is 1. The van der Waals surface area contributed by atoms with Gasteiger partial charge in [-0.2, -0.15) is 10.1 Å². The average molecular weight is 486 g/mol. The van der Waals surface area contributed by atoms with Crippen LogP contribution in [-0.2, 0) is 4.79 Å². The van der Waals surface area contributed by atoms with Gasteiger partial charge in [-0.15, -0.1) is 0 Å². The molecule has 1 N–H and O–H groups in total. The number of rotatable bonds is 2. The molecule has 134 valence electrons. The molecule has 0 fully saturated rings. The summed E-state index contributed by atoms with van der Waals surface area (Å²) < 4.78 is 1.10. The zero-order valence-electron chi connectivity index (χ0n) is 14.3. The van der Waals surface area contributed by atoms with Crippen LogP contribution in [0.15, 0.2) is 74.2 Å². The second kappa shape index (κ2) is 6.94. The number of halogens is 2. The molecule has 27 heavy (non-hydrogen) atoms. The van der Waals surface area contributed by atoms with Crippen LogP contribution in [0.2, 0.25) is 0 Å². The first-order valence-electron chi connectivity index (χ1n) is 8.22. The van der Waals surface area contributed by atoms with Gasteiger partial charge in [-0.3, -0.25) is 4.79 Å². The summed E-state index contributed by atoms with van der Waals surface area (Å²) in [7, 11) is 0. The fraction of sp³-hybridized carbons (Fsp3) is 0.0476. The van der Waals surface area contributed by atoms with E-state index in [9.17, 15) is 9.90 Å². The normalized spacial score (nSPS) is 15.7. The largest absolute Gasteiger partial charge is 0.506 e. The first-order chi connectivity index (χ1) is 12.9. The van der Waals surface area contributed by atoms with Crippen LogP contribution < -0.4 is 5.01 Å². The Bertz CT molecular complexity index is 1130. The van der Waals surface area contributed by atoms with E-state index in [-0.39, 0.29) is 11.7 Å². The van der Waals surface area contributed by atoms with Gasteiger partial charge in [0.1, 0.15) is 5.75 Å². The molecule has 1 heterocycles. The maximum absolute atomic E-state index is 13.0. The smallest absolute Gasteiger partial charge is 0.280 e. The molecule has 0 aromatic heterocycles. The van der Waals surface area contributed by atoms with E-state index >= 15 is 0 Å². The van der Waals surface area contributed by atoms with Crippen molar-refractivity contribution < 1.29 is 9.90 Å². The maximum atomic E-state index is 13.0. The number of phenols is 1. The van der Waals surface area contributed by atoms with E-state index in [1.807, 2.05) is 49.4 Å². The van der Waals surface area contributed by atoms with Crippen molar-refractivity contribution in [3.05, 3.63) is 74.7 Å². The number of aromatic hydroxyl groups is 1. The minimum Gasteiger partial charge on any atom is -0.506 e. The third-order valence-corrected chi connectivity index (χ3v) is 5.60. The second-order valence-electron chi connectivity index (χ2n) is 6.22. The van der Waals surface area contributed by atoms with Gasteiger partial charge in [0.25, 0.3) is 5.91 Å². The number of benzene rings is 3. The summed E-state index contributed by atoms with van der Waals surface area (Å²) in [6.07, 6.45) is 1.77. The topological polar surface area (TPSA) is 52.9 Å². The molecule has 0 atom stereocenters. The molecule has 1 aliphatic heterocycles. The Kier molecular flexibility index (Phi) is 4.61. The number of carbonyl (C=O) groups is 1. The van der Waals surface area contributed by atoms with Crippen LogP contribution in [0.1, 0.15) is 12.5 Å². The maximum Gasteiger partial charge on any atom is 0.280 e. The SMILES string of the molecule is CC1=NN(c2ccc3ccccc3c2)C(=O)/C1=C\c1cc(Br)c(O)c(Br)c1. The molecule has 0 radical (unpaired) electrons. The van der Waals surface area contributed by atoms with E-state index in [0.717, 1.165) is 22.0 Å². The summed E-state index contributed by atoms with van der Waals surface area (Å²) in [6.45, 7) is 1.81. The average Bonchev–Trinajstić information content (AvgIpc) is 2.94. The molecule has 4 nitrogen and oxygen atoms in total. The van der Waals surface area contributed by atoms with Gasteiger partial charge in [0.05, 0.1) is 25.9 Å². The van der Waals surface area contributed by atoms with Gasteiger partial charge in [-0.25, -0.2) is 0 Å². The highest BCUT2D eigenvalue weighted by Gasteiger charge is 2.28. The lowest BCUT2D eigenvalue weighted by molar-refractivity contribution is -0.114. The number of amides is 1. The predicted molar refractivity (Wildman–Crippen MR) is 116 cm³/mol. The number of carbonyl (C=O) groups excluding carboxylic acids is 1. The molecule has 0 saturated heterocycles. The first kappa shape index (κ1) is 17.9. The summed E-state index contributed by atoms with van der Waals surface area (Å²) in [5.41, 5.74) is 2.68. The third-order valence-electron chi connectivity index (χ3n) is 4.39. The van der Waals surface area contributed by atoms with Gasteiger partial charge in [0, 0.05) is 0 Å². The van der Waals surface area contributed by atoms with E-state index < -0.39 is 0 Å². The van der Waals surface area contributed by atoms with Crippen LogP contribution in [0, 0.1) is 0 Å². The van der Waals surface area contributed by atoms with Crippen LogP contribution in [0.5, 0.6) is 5.75 Å². The fourth-order valence-electron chi connectivity index (χ4n) is 3.00. The highest BCUT2D eigenvalue weighted by molar-refractivity contribution is 9.11. The Balaban J connectivity index is 1.72. The van der Waals surface area contributed by atoms with E-state index in [1.54, 1.807) is 18.2 Å². The molecule has 3 aromatic carbocycles. The van der Waals surface area contributed by atoms with Gasteiger partial charge in [0.15, 0.2) is 0 Å². The molecule has 6 heteroatoms. The molecule has 0 saturated carbocycles. The molecule has 0 bridgehead atoms. The fourth-order valence-corrected chi connectivity index (χ4v) is 4.22. The van der Waals surface area contributed by atoms with Crippen molar-refractivity contribution in [1.82, 2.24) is 0 Å². The zero-order chi connectivity index (χ0) is 19.1. The lowest BCUT2D eigenvalue weighted by Crippen LogP contribution is -2.21. The third kappa shape index (κ3) is 3.31. The minimum absolute atomic E-state index is 0.123. The van der Waals surface area contributed by atoms with E-state index in [0.29, 0.717) is 20.2 Å². The van der Waals surface area contributed by atoms with Crippen LogP contribution in [0.25, 0.3) is 16.8 Å². The van der Waals surface area contributed by atoms with E-state index in [2.05, 4.69) is 37.0 Å². The Hall–Kier alpha value is -2.44. The number of nitrogens with zero attached hydrogens (tertiary/aromatic N) is 2. The summed E-state index contributed by atoms with van der Waals surface area (Å²) in [4.78, 5) is 13.0. The Morgan fingerprint density at radius 3 is 2.37 bits per heavy atom. The number of hydrogen-bond donors (Lipinski definition) is 1. The lowest BCUT2D eigenvalue weighted by Gasteiger charge is -2.12. The van der Waals surface area contributed by atoms with Gasteiger partial charge in [-0.1, -0.05) is 30.3 Å². The second-order valence-corrected chi connectivity index (χ2v) is 7.93. The van der Waals surface area contributed by atoms with Crippen molar-refractivity contribution in [2.24, 2.45) is 5.10 Å². The van der Waals surface area contributed by atoms with Crippen molar-refractivity contribution in [3.63, 3.8) is 0 Å². The van der Waals surface area contributed by atoms with Crippen molar-refractivity contribution in [2.45, 2.75) is 6.92 Å². The molecule has 3 aromatic rings. The van der Waals surface area contributed by atoms with Crippen LogP contribution in [0.4, 0.5) is 5.69 Å². The number of hydrogen-bond acceptors (Lipinski definition) is 3. The summed E-state index contributed by atoms with van der Waals surface area (Å²) in [6, 6.07) is 17.4. The van der Waals surface area contributed by atoms with Gasteiger partial charge in [0.2, 0.25) is 0 Å². The monoisotopic (exact) mass is 484 g/mol. The molecule has 1 aliphatic rings. The molecule has 0 unspecified atom stereocenters. The lowest BCUT2D eigenvalue weighted by atomic mass is 10.1. The summed E-state index contributed by atoms with van der Waals surface area (Å²) >= 11 is 6.63. The van der Waals surface area contributed by atoms with Gasteiger partial charge >= 0.3 is 0 Å². The number of hydrazone groups is 1. The Labute approximate surface area is 173 Å². The zero-order valence-corrected chi connectivity index (χ0v) is 17.5. The van der Waals surface area contributed by atoms with Crippen LogP contribution >= 0.6 is 31.9 Å². The van der Waals surface area contributed by atoms with Crippen molar-refractivity contribution in [1.29, 1.82) is 0 Å². The number of fused-ring (bicyclic) bond motifs is 1. The van der Waals surface area contributed by atoms with Crippen LogP contribution in [-0.4, -0.2) is 16.7 Å². The highest BCUT2D eigenvalue weighted by Crippen LogP contribution is 2.35. The molecular formula is C21H14Br2N2O2. The molecule has 0 aliphatic carbocycles. The van der Waals surface area contributed by atoms with Crippen molar-refractivity contribution in [2.75, 3.05) is 5.01 Å². The highest BCUT2D eigenvalue weighted by atomic mass is 79.9. The minimum atomic E-state index is -0.178. The molecule has 4 rings (SSSR count). The summed E-state index contributed by atoms with van der Waals surface area (Å²) in [5.74, 6) is -0.0545. The summed E-state index contributed by atoms with van der Waals surface area (Å²) in [5, 5.41) is 17.9. The van der Waals surface area contributed by atoms with E-state index in [1.165, 1.54) is 5.01 Å². The Morgan fingerprint density at radius 1 is 1.00 bits per heavy atom. The van der Waals surface area contributed by atoms with E-state index in [4.69, 9.17) is 0 Å². The first-order valence-corrected chi connectivity index (χ1v) is 9.81. The number of phenolic OH excluding ortho intramolecular Hbond substituents is 1. The van der Waals surface area contributed by atoms with Gasteiger partial charge < -0.3 is 5.11 Å². The predicted octanol–water partition coefficient (Wildman–Crippen LogP) is 5.88. The molecule has 0 spiro atoms. The Morgan fingerprint density at radius 2 is 1.67 bits per heavy atom. The van der Waals surface area contributed by atoms with Gasteiger partial charge in [-0.05, 0) is 85.5 Å². The quantitative estimate of drug-likeness (QED) is 0.461. The van der Waals surface area contributed by atoms with Crippen LogP contribution in [0.3, 0.4) is 0 Å². The van der Waals surface area contributed by atoms with Crippen molar-refractivity contribution >= 4 is 66.0 Å². The standard InChI is InChI=1S/C21H14Br2N2O2/c1-12-17(8-13-9-18(22)20(26)19(23)10-13)21(27)25(24-12)16-7-6-14-4-2-3-5-15(14)11-16/h2-11,26H,1H3/b17-8-. The molecular weight excluding hydrogens is 472 g/mol. The molecule has 1 amide bonds.